The van der Waals surface area contributed by atoms with Crippen LogP contribution >= 0.6 is 11.6 Å². The number of benzene rings is 2. The standard InChI is InChI=1S/C20H16ClFN2O4/c1-3-8-28-18-16(21)10-12(11-17(18)27-2)9-15-19(25)23-24(20(15)26)14-6-4-13(22)5-7-14/h3-7,9-11H,1,8H2,2H3,(H,23,25). The Kier molecular flexibility index (Phi) is 5.65. The number of nitrogens with one attached hydrogen (secondary N) is 1. The molecule has 0 spiro atoms. The number of carbonyl (C=O) groups is 2. The van der Waals surface area contributed by atoms with Crippen molar-refractivity contribution in [2.45, 2.75) is 0 Å². The van der Waals surface area contributed by atoms with Crippen molar-refractivity contribution >= 4 is 35.2 Å². The summed E-state index contributed by atoms with van der Waals surface area (Å²) >= 11 is 6.25. The van der Waals surface area contributed by atoms with Gasteiger partial charge in [0.15, 0.2) is 11.5 Å². The molecule has 0 saturated carbocycles. The van der Waals surface area contributed by atoms with Gasteiger partial charge in [-0.05, 0) is 48.0 Å². The largest absolute Gasteiger partial charge is 0.493 e. The van der Waals surface area contributed by atoms with Crippen LogP contribution in [0.25, 0.3) is 6.08 Å². The molecule has 0 unspecified atom stereocenters. The van der Waals surface area contributed by atoms with E-state index in [0.717, 1.165) is 5.01 Å². The minimum absolute atomic E-state index is 0.0952. The van der Waals surface area contributed by atoms with Crippen LogP contribution in [0.3, 0.4) is 0 Å². The van der Waals surface area contributed by atoms with Gasteiger partial charge >= 0.3 is 0 Å². The summed E-state index contributed by atoms with van der Waals surface area (Å²) in [6.07, 6.45) is 2.96. The van der Waals surface area contributed by atoms with Gasteiger partial charge in [0.25, 0.3) is 11.8 Å². The van der Waals surface area contributed by atoms with Gasteiger partial charge in [0.2, 0.25) is 0 Å². The van der Waals surface area contributed by atoms with Crippen LogP contribution in [0.15, 0.2) is 54.6 Å². The van der Waals surface area contributed by atoms with Gasteiger partial charge in [-0.25, -0.2) is 9.40 Å². The summed E-state index contributed by atoms with van der Waals surface area (Å²) in [5.41, 5.74) is 3.17. The number of rotatable bonds is 6. The number of hydrazine groups is 1. The molecule has 0 aromatic heterocycles. The molecule has 144 valence electrons. The molecule has 1 heterocycles. The van der Waals surface area contributed by atoms with Gasteiger partial charge in [-0.1, -0.05) is 24.3 Å². The topological polar surface area (TPSA) is 67.9 Å². The monoisotopic (exact) mass is 402 g/mol. The molecule has 1 N–H and O–H groups in total. The molecule has 0 radical (unpaired) electrons. The Morgan fingerprint density at radius 1 is 1.25 bits per heavy atom. The smallest absolute Gasteiger partial charge is 0.282 e. The Balaban J connectivity index is 1.93. The zero-order chi connectivity index (χ0) is 20.3. The molecule has 0 aliphatic carbocycles. The van der Waals surface area contributed by atoms with E-state index in [0.29, 0.717) is 22.7 Å². The number of nitrogens with zero attached hydrogens (tertiary/aromatic N) is 1. The Morgan fingerprint density at radius 2 is 1.96 bits per heavy atom. The van der Waals surface area contributed by atoms with Crippen molar-refractivity contribution in [3.63, 3.8) is 0 Å². The molecule has 8 heteroatoms. The number of hydrogen-bond acceptors (Lipinski definition) is 4. The van der Waals surface area contributed by atoms with E-state index >= 15 is 0 Å². The highest BCUT2D eigenvalue weighted by Gasteiger charge is 2.34. The summed E-state index contributed by atoms with van der Waals surface area (Å²) in [7, 11) is 1.45. The maximum Gasteiger partial charge on any atom is 0.282 e. The second kappa shape index (κ2) is 8.14. The van der Waals surface area contributed by atoms with E-state index in [4.69, 9.17) is 21.1 Å². The summed E-state index contributed by atoms with van der Waals surface area (Å²) in [5.74, 6) is -0.920. The number of carbonyl (C=O) groups excluding carboxylic acids is 2. The molecule has 1 aliphatic heterocycles. The van der Waals surface area contributed by atoms with E-state index in [1.165, 1.54) is 37.5 Å². The van der Waals surface area contributed by atoms with Gasteiger partial charge in [-0.15, -0.1) is 0 Å². The van der Waals surface area contributed by atoms with E-state index in [2.05, 4.69) is 12.0 Å². The summed E-state index contributed by atoms with van der Waals surface area (Å²) in [6.45, 7) is 3.81. The molecule has 0 atom stereocenters. The van der Waals surface area contributed by atoms with Crippen LogP contribution < -0.4 is 19.9 Å². The van der Waals surface area contributed by atoms with Crippen LogP contribution in [-0.4, -0.2) is 25.5 Å². The molecule has 1 saturated heterocycles. The molecule has 2 aromatic carbocycles. The molecule has 6 nitrogen and oxygen atoms in total. The maximum atomic E-state index is 13.1. The third-order valence-electron chi connectivity index (χ3n) is 3.88. The predicted molar refractivity (Wildman–Crippen MR) is 104 cm³/mol. The van der Waals surface area contributed by atoms with E-state index < -0.39 is 17.6 Å². The average molecular weight is 403 g/mol. The first-order chi connectivity index (χ1) is 13.4. The quantitative estimate of drug-likeness (QED) is 0.456. The van der Waals surface area contributed by atoms with Crippen molar-refractivity contribution in [3.05, 3.63) is 71.0 Å². The maximum absolute atomic E-state index is 13.1. The van der Waals surface area contributed by atoms with Crippen molar-refractivity contribution in [2.24, 2.45) is 0 Å². The van der Waals surface area contributed by atoms with Crippen LogP contribution in [-0.2, 0) is 9.59 Å². The summed E-state index contributed by atoms with van der Waals surface area (Å²) in [5, 5.41) is 1.31. The van der Waals surface area contributed by atoms with Gasteiger partial charge in [-0.3, -0.25) is 15.0 Å². The minimum Gasteiger partial charge on any atom is -0.493 e. The second-order valence-corrected chi connectivity index (χ2v) is 6.16. The Morgan fingerprint density at radius 3 is 2.61 bits per heavy atom. The number of amides is 2. The highest BCUT2D eigenvalue weighted by Crippen LogP contribution is 2.37. The number of hydrogen-bond donors (Lipinski definition) is 1. The summed E-state index contributed by atoms with van der Waals surface area (Å²) < 4.78 is 23.8. The first-order valence-electron chi connectivity index (χ1n) is 8.18. The van der Waals surface area contributed by atoms with E-state index in [1.807, 2.05) is 0 Å². The SMILES string of the molecule is C=CCOc1c(Cl)cc(C=C2C(=O)NN(c3ccc(F)cc3)C2=O)cc1OC. The van der Waals surface area contributed by atoms with Crippen LogP contribution in [0.1, 0.15) is 5.56 Å². The lowest BCUT2D eigenvalue weighted by molar-refractivity contribution is -0.117. The zero-order valence-electron chi connectivity index (χ0n) is 14.9. The number of anilines is 1. The first kappa shape index (κ1) is 19.4. The second-order valence-electron chi connectivity index (χ2n) is 5.75. The molecule has 2 aromatic rings. The zero-order valence-corrected chi connectivity index (χ0v) is 15.6. The van der Waals surface area contributed by atoms with E-state index in [-0.39, 0.29) is 17.2 Å². The predicted octanol–water partition coefficient (Wildman–Crippen LogP) is 3.51. The molecular weight excluding hydrogens is 387 g/mol. The van der Waals surface area contributed by atoms with Crippen molar-refractivity contribution in [2.75, 3.05) is 18.7 Å². The molecule has 1 aliphatic rings. The van der Waals surface area contributed by atoms with Crippen molar-refractivity contribution in [1.29, 1.82) is 0 Å². The van der Waals surface area contributed by atoms with Crippen molar-refractivity contribution in [1.82, 2.24) is 5.43 Å². The highest BCUT2D eigenvalue weighted by molar-refractivity contribution is 6.33. The molecule has 0 bridgehead atoms. The van der Waals surface area contributed by atoms with Crippen LogP contribution in [0.4, 0.5) is 10.1 Å². The van der Waals surface area contributed by atoms with Crippen LogP contribution in [0, 0.1) is 5.82 Å². The lowest BCUT2D eigenvalue weighted by Gasteiger charge is -2.14. The molecular formula is C20H16ClFN2O4. The van der Waals surface area contributed by atoms with Crippen molar-refractivity contribution < 1.29 is 23.5 Å². The van der Waals surface area contributed by atoms with Gasteiger partial charge in [0.1, 0.15) is 18.0 Å². The Hall–Kier alpha value is -3.32. The lowest BCUT2D eigenvalue weighted by atomic mass is 10.1. The van der Waals surface area contributed by atoms with Gasteiger partial charge < -0.3 is 9.47 Å². The fourth-order valence-electron chi connectivity index (χ4n) is 2.60. The van der Waals surface area contributed by atoms with E-state index in [9.17, 15) is 14.0 Å². The fraction of sp³-hybridized carbons (Fsp3) is 0.100. The normalized spacial score (nSPS) is 15.0. The average Bonchev–Trinajstić information content (AvgIpc) is 2.95. The Labute approximate surface area is 165 Å². The summed E-state index contributed by atoms with van der Waals surface area (Å²) in [6, 6.07) is 8.32. The van der Waals surface area contributed by atoms with Crippen molar-refractivity contribution in [3.8, 4) is 11.5 Å². The van der Waals surface area contributed by atoms with Crippen LogP contribution in [0.2, 0.25) is 5.02 Å². The van der Waals surface area contributed by atoms with Gasteiger partial charge in [0, 0.05) is 0 Å². The Bertz CT molecular complexity index is 973. The molecule has 1 fully saturated rings. The van der Waals surface area contributed by atoms with Gasteiger partial charge in [-0.2, -0.15) is 0 Å². The summed E-state index contributed by atoms with van der Waals surface area (Å²) in [4.78, 5) is 24.9. The molecule has 2 amide bonds. The van der Waals surface area contributed by atoms with Gasteiger partial charge in [0.05, 0.1) is 17.8 Å². The highest BCUT2D eigenvalue weighted by atomic mass is 35.5. The number of methoxy groups -OCH3 is 1. The fourth-order valence-corrected chi connectivity index (χ4v) is 2.88. The molecule has 3 rings (SSSR count). The number of ether oxygens (including phenoxy) is 2. The van der Waals surface area contributed by atoms with Crippen LogP contribution in [0.5, 0.6) is 11.5 Å². The lowest BCUT2D eigenvalue weighted by Crippen LogP contribution is -2.35. The number of halogens is 2. The molecule has 28 heavy (non-hydrogen) atoms. The minimum atomic E-state index is -0.587. The third kappa shape index (κ3) is 3.84. The first-order valence-corrected chi connectivity index (χ1v) is 8.56. The van der Waals surface area contributed by atoms with E-state index in [1.54, 1.807) is 18.2 Å². The third-order valence-corrected chi connectivity index (χ3v) is 4.17.